The van der Waals surface area contributed by atoms with E-state index in [0.29, 0.717) is 5.92 Å². The van der Waals surface area contributed by atoms with E-state index in [9.17, 15) is 5.11 Å². The summed E-state index contributed by atoms with van der Waals surface area (Å²) in [5.74, 6) is 0.400. The Bertz CT molecular complexity index is 350. The molecule has 1 aromatic rings. The van der Waals surface area contributed by atoms with Crippen molar-refractivity contribution in [2.24, 2.45) is 11.7 Å². The molecule has 1 saturated heterocycles. The van der Waals surface area contributed by atoms with Gasteiger partial charge in [0.2, 0.25) is 0 Å². The standard InChI is InChI=1S/C13H21N3O/c1-10(14)13-5-4-12(7-15-13)16-6-2-3-11(8-16)9-17/h4-5,7,10-11,17H,2-3,6,8-9,14H2,1H3/t10-,11?/m1/s1. The fraction of sp³-hybridized carbons (Fsp3) is 0.615. The maximum Gasteiger partial charge on any atom is 0.0569 e. The third kappa shape index (κ3) is 2.96. The molecule has 0 bridgehead atoms. The summed E-state index contributed by atoms with van der Waals surface area (Å²) >= 11 is 0. The topological polar surface area (TPSA) is 62.4 Å². The number of piperidine rings is 1. The molecule has 1 aliphatic heterocycles. The highest BCUT2D eigenvalue weighted by Crippen LogP contribution is 2.22. The zero-order valence-corrected chi connectivity index (χ0v) is 10.3. The van der Waals surface area contributed by atoms with Crippen LogP contribution < -0.4 is 10.6 Å². The van der Waals surface area contributed by atoms with Crippen LogP contribution in [0.25, 0.3) is 0 Å². The predicted octanol–water partition coefficient (Wildman–Crippen LogP) is 1.31. The molecular weight excluding hydrogens is 214 g/mol. The van der Waals surface area contributed by atoms with E-state index >= 15 is 0 Å². The van der Waals surface area contributed by atoms with E-state index in [1.165, 1.54) is 0 Å². The molecule has 0 amide bonds. The van der Waals surface area contributed by atoms with Gasteiger partial charge in [-0.05, 0) is 37.8 Å². The molecule has 0 saturated carbocycles. The Kier molecular flexibility index (Phi) is 3.97. The second-order valence-corrected chi connectivity index (χ2v) is 4.87. The smallest absolute Gasteiger partial charge is 0.0569 e. The van der Waals surface area contributed by atoms with E-state index in [2.05, 4.69) is 16.0 Å². The van der Waals surface area contributed by atoms with Crippen LogP contribution in [0.3, 0.4) is 0 Å². The summed E-state index contributed by atoms with van der Waals surface area (Å²) in [5.41, 5.74) is 7.83. The van der Waals surface area contributed by atoms with Crippen molar-refractivity contribution in [2.75, 3.05) is 24.6 Å². The first-order valence-corrected chi connectivity index (χ1v) is 6.28. The number of anilines is 1. The zero-order valence-electron chi connectivity index (χ0n) is 10.3. The summed E-state index contributed by atoms with van der Waals surface area (Å²) < 4.78 is 0. The number of nitrogens with zero attached hydrogens (tertiary/aromatic N) is 2. The number of pyridine rings is 1. The first kappa shape index (κ1) is 12.3. The lowest BCUT2D eigenvalue weighted by atomic mass is 9.99. The summed E-state index contributed by atoms with van der Waals surface area (Å²) in [5, 5.41) is 9.21. The number of rotatable bonds is 3. The third-order valence-corrected chi connectivity index (χ3v) is 3.38. The van der Waals surface area contributed by atoms with Crippen molar-refractivity contribution in [1.29, 1.82) is 0 Å². The Hall–Kier alpha value is -1.13. The molecule has 1 fully saturated rings. The lowest BCUT2D eigenvalue weighted by Crippen LogP contribution is -2.36. The van der Waals surface area contributed by atoms with E-state index in [4.69, 9.17) is 5.73 Å². The molecule has 2 rings (SSSR count). The number of nitrogens with two attached hydrogens (primary N) is 1. The number of hydrogen-bond donors (Lipinski definition) is 2. The first-order valence-electron chi connectivity index (χ1n) is 6.28. The molecule has 0 aromatic carbocycles. The van der Waals surface area contributed by atoms with Gasteiger partial charge in [-0.1, -0.05) is 0 Å². The Morgan fingerprint density at radius 3 is 3.00 bits per heavy atom. The highest BCUT2D eigenvalue weighted by atomic mass is 16.3. The molecule has 2 heterocycles. The average Bonchev–Trinajstić information content (AvgIpc) is 2.39. The highest BCUT2D eigenvalue weighted by Gasteiger charge is 2.19. The Morgan fingerprint density at radius 2 is 2.41 bits per heavy atom. The first-order chi connectivity index (χ1) is 8.20. The molecular formula is C13H21N3O. The summed E-state index contributed by atoms with van der Waals surface area (Å²) in [7, 11) is 0. The van der Waals surface area contributed by atoms with Crippen LogP contribution in [0.2, 0.25) is 0 Å². The highest BCUT2D eigenvalue weighted by molar-refractivity contribution is 5.45. The molecule has 1 unspecified atom stereocenters. The van der Waals surface area contributed by atoms with E-state index in [0.717, 1.165) is 37.3 Å². The lowest BCUT2D eigenvalue weighted by molar-refractivity contribution is 0.208. The largest absolute Gasteiger partial charge is 0.396 e. The minimum atomic E-state index is -0.0180. The number of aromatic nitrogens is 1. The number of aliphatic hydroxyl groups excluding tert-OH is 1. The molecule has 4 heteroatoms. The Morgan fingerprint density at radius 1 is 1.59 bits per heavy atom. The van der Waals surface area contributed by atoms with Crippen molar-refractivity contribution in [3.8, 4) is 0 Å². The average molecular weight is 235 g/mol. The predicted molar refractivity (Wildman–Crippen MR) is 68.9 cm³/mol. The van der Waals surface area contributed by atoms with Crippen LogP contribution in [-0.4, -0.2) is 29.8 Å². The zero-order chi connectivity index (χ0) is 12.3. The van der Waals surface area contributed by atoms with Crippen LogP contribution in [0, 0.1) is 5.92 Å². The lowest BCUT2D eigenvalue weighted by Gasteiger charge is -2.33. The van der Waals surface area contributed by atoms with Gasteiger partial charge < -0.3 is 15.7 Å². The fourth-order valence-electron chi connectivity index (χ4n) is 2.30. The van der Waals surface area contributed by atoms with Crippen LogP contribution in [0.4, 0.5) is 5.69 Å². The number of hydrogen-bond acceptors (Lipinski definition) is 4. The van der Waals surface area contributed by atoms with Gasteiger partial charge in [0.05, 0.1) is 17.6 Å². The minimum absolute atomic E-state index is 0.0180. The Balaban J connectivity index is 2.06. The fourth-order valence-corrected chi connectivity index (χ4v) is 2.30. The molecule has 0 radical (unpaired) electrons. The van der Waals surface area contributed by atoms with Crippen molar-refractivity contribution in [3.05, 3.63) is 24.0 Å². The molecule has 94 valence electrons. The summed E-state index contributed by atoms with van der Waals surface area (Å²) in [6.45, 7) is 4.19. The summed E-state index contributed by atoms with van der Waals surface area (Å²) in [6, 6.07) is 4.05. The maximum atomic E-state index is 9.21. The second-order valence-electron chi connectivity index (χ2n) is 4.87. The third-order valence-electron chi connectivity index (χ3n) is 3.38. The SMILES string of the molecule is C[C@@H](N)c1ccc(N2CCCC(CO)C2)cn1. The van der Waals surface area contributed by atoms with E-state index in [-0.39, 0.29) is 12.6 Å². The molecule has 3 N–H and O–H groups in total. The monoisotopic (exact) mass is 235 g/mol. The molecule has 0 spiro atoms. The molecule has 1 aromatic heterocycles. The van der Waals surface area contributed by atoms with Crippen molar-refractivity contribution in [3.63, 3.8) is 0 Å². The van der Waals surface area contributed by atoms with E-state index in [1.54, 1.807) is 0 Å². The van der Waals surface area contributed by atoms with Crippen LogP contribution in [0.15, 0.2) is 18.3 Å². The van der Waals surface area contributed by atoms with Crippen molar-refractivity contribution in [2.45, 2.75) is 25.8 Å². The molecule has 17 heavy (non-hydrogen) atoms. The molecule has 0 aliphatic carbocycles. The maximum absolute atomic E-state index is 9.21. The van der Waals surface area contributed by atoms with Crippen molar-refractivity contribution < 1.29 is 5.11 Å². The Labute approximate surface area is 102 Å². The van der Waals surface area contributed by atoms with Gasteiger partial charge in [0.15, 0.2) is 0 Å². The molecule has 2 atom stereocenters. The molecule has 1 aliphatic rings. The van der Waals surface area contributed by atoms with Crippen molar-refractivity contribution in [1.82, 2.24) is 4.98 Å². The quantitative estimate of drug-likeness (QED) is 0.829. The number of aliphatic hydroxyl groups is 1. The molecule has 4 nitrogen and oxygen atoms in total. The van der Waals surface area contributed by atoms with Gasteiger partial charge in [0, 0.05) is 25.7 Å². The van der Waals surface area contributed by atoms with Gasteiger partial charge in [0.25, 0.3) is 0 Å². The second kappa shape index (κ2) is 5.47. The van der Waals surface area contributed by atoms with Gasteiger partial charge in [-0.3, -0.25) is 4.98 Å². The van der Waals surface area contributed by atoms with Crippen LogP contribution in [-0.2, 0) is 0 Å². The van der Waals surface area contributed by atoms with Crippen LogP contribution in [0.5, 0.6) is 0 Å². The van der Waals surface area contributed by atoms with Gasteiger partial charge in [-0.2, -0.15) is 0 Å². The summed E-state index contributed by atoms with van der Waals surface area (Å²) in [4.78, 5) is 6.67. The van der Waals surface area contributed by atoms with Crippen LogP contribution >= 0.6 is 0 Å². The minimum Gasteiger partial charge on any atom is -0.396 e. The van der Waals surface area contributed by atoms with E-state index in [1.807, 2.05) is 19.2 Å². The normalized spacial score (nSPS) is 22.5. The van der Waals surface area contributed by atoms with Crippen molar-refractivity contribution >= 4 is 5.69 Å². The van der Waals surface area contributed by atoms with Gasteiger partial charge in [-0.25, -0.2) is 0 Å². The summed E-state index contributed by atoms with van der Waals surface area (Å²) in [6.07, 6.45) is 4.15. The van der Waals surface area contributed by atoms with Gasteiger partial charge in [-0.15, -0.1) is 0 Å². The van der Waals surface area contributed by atoms with Crippen LogP contribution in [0.1, 0.15) is 31.5 Å². The van der Waals surface area contributed by atoms with Gasteiger partial charge in [0.1, 0.15) is 0 Å². The van der Waals surface area contributed by atoms with Gasteiger partial charge >= 0.3 is 0 Å². The van der Waals surface area contributed by atoms with E-state index < -0.39 is 0 Å².